The van der Waals surface area contributed by atoms with Gasteiger partial charge in [0.1, 0.15) is 16.7 Å². The molecule has 2 aromatic carbocycles. The van der Waals surface area contributed by atoms with Gasteiger partial charge in [-0.1, -0.05) is 47.8 Å². The number of carboxylic acid groups (broad SMARTS) is 1. The first-order valence-corrected chi connectivity index (χ1v) is 10.4. The number of ether oxygens (including phenoxy) is 1. The van der Waals surface area contributed by atoms with Crippen molar-refractivity contribution in [2.45, 2.75) is 24.6 Å². The van der Waals surface area contributed by atoms with Crippen LogP contribution < -0.4 is 4.74 Å². The molecule has 0 spiro atoms. The Hall–Kier alpha value is -2.52. The molecule has 174 valence electrons. The lowest BCUT2D eigenvalue weighted by Crippen LogP contribution is -2.46. The number of rotatable bonds is 6. The predicted molar refractivity (Wildman–Crippen MR) is 118 cm³/mol. The number of halogens is 6. The number of aromatic carboxylic acids is 1. The molecule has 0 aliphatic rings. The number of benzene rings is 2. The molecule has 0 aliphatic carbocycles. The zero-order chi connectivity index (χ0) is 24.6. The molecule has 0 bridgehead atoms. The fourth-order valence-electron chi connectivity index (χ4n) is 3.31. The Bertz CT molecular complexity index is 1210. The van der Waals surface area contributed by atoms with Crippen molar-refractivity contribution in [3.63, 3.8) is 0 Å². The van der Waals surface area contributed by atoms with Gasteiger partial charge in [0.15, 0.2) is 5.60 Å². The maximum absolute atomic E-state index is 14.1. The Morgan fingerprint density at radius 2 is 1.64 bits per heavy atom. The SMILES string of the molecule is CC(c1ccc(Oc2ccc(Cl)c(C(=O)O)c2)cc1Cl)C(O)(c1ccnc(Cl)c1)C(F)(F)F. The number of alkyl halides is 3. The summed E-state index contributed by atoms with van der Waals surface area (Å²) in [5.41, 5.74) is -3.98. The Kier molecular flexibility index (Phi) is 7.14. The summed E-state index contributed by atoms with van der Waals surface area (Å²) in [4.78, 5) is 14.9. The van der Waals surface area contributed by atoms with Crippen molar-refractivity contribution in [3.8, 4) is 11.5 Å². The second-order valence-electron chi connectivity index (χ2n) is 7.09. The van der Waals surface area contributed by atoms with Crippen molar-refractivity contribution >= 4 is 40.8 Å². The fourth-order valence-corrected chi connectivity index (χ4v) is 4.02. The molecule has 33 heavy (non-hydrogen) atoms. The third-order valence-corrected chi connectivity index (χ3v) is 5.93. The molecule has 2 unspecified atom stereocenters. The van der Waals surface area contributed by atoms with Crippen LogP contribution in [-0.4, -0.2) is 27.3 Å². The second kappa shape index (κ2) is 9.38. The van der Waals surface area contributed by atoms with Crippen LogP contribution in [0.4, 0.5) is 13.2 Å². The zero-order valence-corrected chi connectivity index (χ0v) is 19.0. The number of nitrogens with zero attached hydrogens (tertiary/aromatic N) is 1. The van der Waals surface area contributed by atoms with Crippen LogP contribution in [0.15, 0.2) is 54.7 Å². The van der Waals surface area contributed by atoms with Crippen molar-refractivity contribution in [2.24, 2.45) is 0 Å². The van der Waals surface area contributed by atoms with Crippen LogP contribution in [0.5, 0.6) is 11.5 Å². The highest BCUT2D eigenvalue weighted by atomic mass is 35.5. The van der Waals surface area contributed by atoms with E-state index in [4.69, 9.17) is 44.6 Å². The van der Waals surface area contributed by atoms with Gasteiger partial charge in [-0.05, 0) is 53.6 Å². The molecular weight excluding hydrogens is 506 g/mol. The normalized spacial score (nSPS) is 14.4. The molecule has 1 heterocycles. The van der Waals surface area contributed by atoms with Crippen molar-refractivity contribution in [2.75, 3.05) is 0 Å². The summed E-state index contributed by atoms with van der Waals surface area (Å²) < 4.78 is 47.7. The molecule has 0 radical (unpaired) electrons. The van der Waals surface area contributed by atoms with Crippen molar-refractivity contribution in [1.29, 1.82) is 0 Å². The van der Waals surface area contributed by atoms with Gasteiger partial charge >= 0.3 is 12.1 Å². The largest absolute Gasteiger partial charge is 0.478 e. The van der Waals surface area contributed by atoms with Crippen LogP contribution in [0.2, 0.25) is 15.2 Å². The van der Waals surface area contributed by atoms with Crippen LogP contribution in [0, 0.1) is 0 Å². The van der Waals surface area contributed by atoms with E-state index >= 15 is 0 Å². The molecule has 2 atom stereocenters. The first kappa shape index (κ1) is 25.1. The Balaban J connectivity index is 1.97. The molecule has 1 aromatic heterocycles. The third kappa shape index (κ3) is 5.04. The Labute approximate surface area is 201 Å². The number of aliphatic hydroxyl groups is 1. The van der Waals surface area contributed by atoms with Crippen LogP contribution in [-0.2, 0) is 5.60 Å². The highest BCUT2D eigenvalue weighted by molar-refractivity contribution is 6.33. The number of carboxylic acids is 1. The minimum Gasteiger partial charge on any atom is -0.478 e. The number of hydrogen-bond donors (Lipinski definition) is 2. The summed E-state index contributed by atoms with van der Waals surface area (Å²) in [6, 6.07) is 9.83. The number of carbonyl (C=O) groups is 1. The Morgan fingerprint density at radius 3 is 2.21 bits per heavy atom. The van der Waals surface area contributed by atoms with Crippen LogP contribution >= 0.6 is 34.8 Å². The molecule has 0 fully saturated rings. The summed E-state index contributed by atoms with van der Waals surface area (Å²) >= 11 is 17.8. The van der Waals surface area contributed by atoms with Gasteiger partial charge < -0.3 is 14.9 Å². The van der Waals surface area contributed by atoms with E-state index in [-0.39, 0.29) is 37.8 Å². The van der Waals surface area contributed by atoms with Gasteiger partial charge in [0.05, 0.1) is 10.6 Å². The molecule has 5 nitrogen and oxygen atoms in total. The predicted octanol–water partition coefficient (Wildman–Crippen LogP) is 7.09. The maximum atomic E-state index is 14.1. The average Bonchev–Trinajstić information content (AvgIpc) is 2.73. The molecule has 0 amide bonds. The van der Waals surface area contributed by atoms with E-state index in [2.05, 4.69) is 4.98 Å². The smallest absolute Gasteiger partial charge is 0.422 e. The van der Waals surface area contributed by atoms with Gasteiger partial charge in [-0.2, -0.15) is 13.2 Å². The summed E-state index contributed by atoms with van der Waals surface area (Å²) in [7, 11) is 0. The zero-order valence-electron chi connectivity index (χ0n) is 16.7. The fraction of sp³-hybridized carbons (Fsp3) is 0.182. The number of hydrogen-bond acceptors (Lipinski definition) is 4. The van der Waals surface area contributed by atoms with Gasteiger partial charge in [0, 0.05) is 17.1 Å². The average molecular weight is 521 g/mol. The third-order valence-electron chi connectivity index (χ3n) is 5.07. The first-order valence-electron chi connectivity index (χ1n) is 9.26. The van der Waals surface area contributed by atoms with Gasteiger partial charge in [-0.15, -0.1) is 0 Å². The minimum atomic E-state index is -5.06. The van der Waals surface area contributed by atoms with E-state index in [1.165, 1.54) is 43.3 Å². The van der Waals surface area contributed by atoms with Crippen LogP contribution in [0.25, 0.3) is 0 Å². The quantitative estimate of drug-likeness (QED) is 0.339. The number of aromatic nitrogens is 1. The van der Waals surface area contributed by atoms with Crippen molar-refractivity contribution in [1.82, 2.24) is 4.98 Å². The Morgan fingerprint density at radius 1 is 1.00 bits per heavy atom. The summed E-state index contributed by atoms with van der Waals surface area (Å²) in [5, 5.41) is 19.7. The molecular formula is C22H15Cl3F3NO4. The molecule has 2 N–H and O–H groups in total. The summed E-state index contributed by atoms with van der Waals surface area (Å²) in [6.07, 6.45) is -4.00. The number of pyridine rings is 1. The van der Waals surface area contributed by atoms with Gasteiger partial charge in [0.2, 0.25) is 0 Å². The lowest BCUT2D eigenvalue weighted by atomic mass is 9.78. The minimum absolute atomic E-state index is 0.000826. The van der Waals surface area contributed by atoms with Crippen LogP contribution in [0.1, 0.15) is 34.3 Å². The summed E-state index contributed by atoms with van der Waals surface area (Å²) in [5.74, 6) is -2.52. The van der Waals surface area contributed by atoms with E-state index in [9.17, 15) is 23.1 Å². The lowest BCUT2D eigenvalue weighted by Gasteiger charge is -2.37. The second-order valence-corrected chi connectivity index (χ2v) is 8.29. The molecule has 11 heteroatoms. The highest BCUT2D eigenvalue weighted by Crippen LogP contribution is 2.50. The standard InChI is InChI=1S/C22H15Cl3F3NO4/c1-11(21(32,22(26,27)28)12-6-7-29-19(25)8-12)15-4-2-14(10-18(15)24)33-13-3-5-17(23)16(9-13)20(30)31/h2-11,32H,1H3,(H,30,31). The molecule has 3 aromatic rings. The van der Waals surface area contributed by atoms with E-state index in [0.717, 1.165) is 18.3 Å². The van der Waals surface area contributed by atoms with Gasteiger partial charge in [-0.3, -0.25) is 0 Å². The van der Waals surface area contributed by atoms with Crippen LogP contribution in [0.3, 0.4) is 0 Å². The van der Waals surface area contributed by atoms with Gasteiger partial charge in [-0.25, -0.2) is 9.78 Å². The van der Waals surface area contributed by atoms with E-state index in [0.29, 0.717) is 0 Å². The molecule has 3 rings (SSSR count). The van der Waals surface area contributed by atoms with E-state index in [1.807, 2.05) is 0 Å². The van der Waals surface area contributed by atoms with E-state index in [1.54, 1.807) is 0 Å². The van der Waals surface area contributed by atoms with Gasteiger partial charge in [0.25, 0.3) is 0 Å². The van der Waals surface area contributed by atoms with Crippen molar-refractivity contribution in [3.05, 3.63) is 86.6 Å². The highest BCUT2D eigenvalue weighted by Gasteiger charge is 2.59. The molecule has 0 aliphatic heterocycles. The lowest BCUT2D eigenvalue weighted by molar-refractivity contribution is -0.274. The first-order chi connectivity index (χ1) is 15.3. The van der Waals surface area contributed by atoms with E-state index < -0.39 is 29.2 Å². The van der Waals surface area contributed by atoms with Crippen molar-refractivity contribution < 1.29 is 32.9 Å². The topological polar surface area (TPSA) is 79.7 Å². The maximum Gasteiger partial charge on any atom is 0.422 e. The molecule has 0 saturated heterocycles. The summed E-state index contributed by atoms with van der Waals surface area (Å²) in [6.45, 7) is 1.18. The monoisotopic (exact) mass is 519 g/mol. The molecule has 0 saturated carbocycles.